The van der Waals surface area contributed by atoms with Crippen LogP contribution in [0.2, 0.25) is 0 Å². The van der Waals surface area contributed by atoms with Crippen molar-refractivity contribution in [3.63, 3.8) is 0 Å². The van der Waals surface area contributed by atoms with Crippen molar-refractivity contribution in [2.45, 2.75) is 161 Å². The maximum absolute atomic E-state index is 12.0. The van der Waals surface area contributed by atoms with Crippen LogP contribution in [0, 0.1) is 0 Å². The number of carbonyl (C=O) groups excluding carboxylic acids is 2. The third-order valence-corrected chi connectivity index (χ3v) is 6.73. The average Bonchev–Trinajstić information content (AvgIpc) is 2.92. The fraction of sp³-hybridized carbons (Fsp3) is 0.818. The van der Waals surface area contributed by atoms with E-state index in [1.54, 1.807) is 0 Å². The minimum atomic E-state index is -0.772. The molecule has 0 radical (unpaired) electrons. The van der Waals surface area contributed by atoms with Gasteiger partial charge in [-0.2, -0.15) is 0 Å². The molecular formula is C33H60O5. The van der Waals surface area contributed by atoms with E-state index in [0.717, 1.165) is 57.8 Å². The van der Waals surface area contributed by atoms with Crippen molar-refractivity contribution in [3.8, 4) is 0 Å². The number of aliphatic hydroxyl groups is 1. The third kappa shape index (κ3) is 27.4. The molecule has 0 amide bonds. The van der Waals surface area contributed by atoms with Crippen molar-refractivity contribution < 1.29 is 24.2 Å². The lowest BCUT2D eigenvalue weighted by molar-refractivity contribution is -0.161. The molecule has 0 aliphatic carbocycles. The number of aliphatic hydroxyl groups excluding tert-OH is 1. The second-order valence-corrected chi connectivity index (χ2v) is 10.5. The van der Waals surface area contributed by atoms with Crippen LogP contribution in [0.15, 0.2) is 24.3 Å². The highest BCUT2D eigenvalue weighted by atomic mass is 16.6. The molecule has 0 aliphatic rings. The maximum atomic E-state index is 12.0. The Bertz CT molecular complexity index is 584. The highest BCUT2D eigenvalue weighted by Gasteiger charge is 2.16. The molecule has 38 heavy (non-hydrogen) atoms. The second kappa shape index (κ2) is 29.9. The topological polar surface area (TPSA) is 72.8 Å². The molecule has 0 saturated heterocycles. The van der Waals surface area contributed by atoms with E-state index in [-0.39, 0.29) is 25.2 Å². The van der Waals surface area contributed by atoms with E-state index in [4.69, 9.17) is 9.47 Å². The van der Waals surface area contributed by atoms with Gasteiger partial charge >= 0.3 is 11.9 Å². The molecule has 0 saturated carbocycles. The summed E-state index contributed by atoms with van der Waals surface area (Å²) in [6.45, 7) is 3.99. The summed E-state index contributed by atoms with van der Waals surface area (Å²) in [5.41, 5.74) is 0. The molecule has 0 bridgehead atoms. The Morgan fingerprint density at radius 3 is 1.55 bits per heavy atom. The van der Waals surface area contributed by atoms with Gasteiger partial charge in [0.05, 0.1) is 6.61 Å². The third-order valence-electron chi connectivity index (χ3n) is 6.73. The first kappa shape index (κ1) is 36.4. The molecular weight excluding hydrogens is 476 g/mol. The molecule has 0 aromatic heterocycles. The summed E-state index contributed by atoms with van der Waals surface area (Å²) < 4.78 is 10.5. The van der Waals surface area contributed by atoms with E-state index < -0.39 is 6.10 Å². The van der Waals surface area contributed by atoms with Gasteiger partial charge in [0.1, 0.15) is 6.61 Å². The lowest BCUT2D eigenvalue weighted by Gasteiger charge is -2.15. The largest absolute Gasteiger partial charge is 0.462 e. The van der Waals surface area contributed by atoms with E-state index in [9.17, 15) is 14.7 Å². The summed E-state index contributed by atoms with van der Waals surface area (Å²) in [6, 6.07) is 0. The highest BCUT2D eigenvalue weighted by Crippen LogP contribution is 2.11. The van der Waals surface area contributed by atoms with Crippen LogP contribution >= 0.6 is 0 Å². The van der Waals surface area contributed by atoms with Gasteiger partial charge in [0.25, 0.3) is 0 Å². The first-order valence-corrected chi connectivity index (χ1v) is 15.9. The summed E-state index contributed by atoms with van der Waals surface area (Å²) in [6.07, 6.45) is 32.4. The fourth-order valence-electron chi connectivity index (χ4n) is 4.31. The molecule has 0 aromatic carbocycles. The zero-order valence-electron chi connectivity index (χ0n) is 24.9. The standard InChI is InChI=1S/C33H60O5/c1-3-5-7-9-11-13-14-15-16-17-18-20-21-23-25-27-32(35)37-30-31(29-34)38-33(36)28-26-24-22-19-12-10-8-6-4-2/h6,8,15-16,31,34H,3-5,7,9-14,17-30H2,1-2H3/b8-6-,16-15-/t31-/m0/s1. The van der Waals surface area contributed by atoms with E-state index in [2.05, 4.69) is 38.2 Å². The molecule has 5 nitrogen and oxygen atoms in total. The van der Waals surface area contributed by atoms with Gasteiger partial charge in [-0.25, -0.2) is 0 Å². The SMILES string of the molecule is CC/C=C\CCCCCCCC(=O)O[C@@H](CO)COC(=O)CCCCCCC/C=C\CCCCCCCC. The van der Waals surface area contributed by atoms with E-state index >= 15 is 0 Å². The number of ether oxygens (including phenoxy) is 2. The van der Waals surface area contributed by atoms with Crippen LogP contribution in [-0.4, -0.2) is 36.4 Å². The van der Waals surface area contributed by atoms with Crippen LogP contribution in [0.1, 0.15) is 155 Å². The second-order valence-electron chi connectivity index (χ2n) is 10.5. The van der Waals surface area contributed by atoms with Gasteiger partial charge in [-0.1, -0.05) is 109 Å². The van der Waals surface area contributed by atoms with Crippen LogP contribution in [-0.2, 0) is 19.1 Å². The molecule has 0 aliphatic heterocycles. The molecule has 1 atom stereocenters. The minimum absolute atomic E-state index is 0.0720. The minimum Gasteiger partial charge on any atom is -0.462 e. The van der Waals surface area contributed by atoms with E-state index in [0.29, 0.717) is 12.8 Å². The molecule has 0 spiro atoms. The number of unbranched alkanes of at least 4 members (excludes halogenated alkanes) is 16. The Hall–Kier alpha value is -1.62. The van der Waals surface area contributed by atoms with Crippen LogP contribution in [0.4, 0.5) is 0 Å². The molecule has 5 heteroatoms. The van der Waals surface area contributed by atoms with Gasteiger partial charge in [-0.15, -0.1) is 0 Å². The Morgan fingerprint density at radius 1 is 0.605 bits per heavy atom. The Kier molecular flexibility index (Phi) is 28.7. The maximum Gasteiger partial charge on any atom is 0.306 e. The molecule has 1 N–H and O–H groups in total. The summed E-state index contributed by atoms with van der Waals surface area (Å²) in [5, 5.41) is 9.46. The predicted octanol–water partition coefficient (Wildman–Crippen LogP) is 9.17. The molecule has 0 unspecified atom stereocenters. The van der Waals surface area contributed by atoms with Gasteiger partial charge in [0, 0.05) is 12.8 Å². The number of hydrogen-bond acceptors (Lipinski definition) is 5. The molecule has 0 aromatic rings. The highest BCUT2D eigenvalue weighted by molar-refractivity contribution is 5.70. The zero-order valence-corrected chi connectivity index (χ0v) is 24.9. The Balaban J connectivity index is 3.59. The Labute approximate surface area is 234 Å². The first-order chi connectivity index (χ1) is 18.6. The summed E-state index contributed by atoms with van der Waals surface area (Å²) in [5.74, 6) is -0.617. The summed E-state index contributed by atoms with van der Waals surface area (Å²) >= 11 is 0. The van der Waals surface area contributed by atoms with Crippen LogP contribution < -0.4 is 0 Å². The fourth-order valence-corrected chi connectivity index (χ4v) is 4.31. The van der Waals surface area contributed by atoms with Crippen molar-refractivity contribution in [1.82, 2.24) is 0 Å². The van der Waals surface area contributed by atoms with Crippen molar-refractivity contribution in [3.05, 3.63) is 24.3 Å². The lowest BCUT2D eigenvalue weighted by atomic mass is 10.1. The van der Waals surface area contributed by atoms with Gasteiger partial charge in [-0.3, -0.25) is 9.59 Å². The quantitative estimate of drug-likeness (QED) is 0.0613. The summed E-state index contributed by atoms with van der Waals surface area (Å²) in [7, 11) is 0. The lowest BCUT2D eigenvalue weighted by Crippen LogP contribution is -2.28. The normalized spacial score (nSPS) is 12.4. The van der Waals surface area contributed by atoms with Gasteiger partial charge in [0.15, 0.2) is 6.10 Å². The van der Waals surface area contributed by atoms with Crippen LogP contribution in [0.25, 0.3) is 0 Å². The Morgan fingerprint density at radius 2 is 1.05 bits per heavy atom. The number of rotatable bonds is 28. The average molecular weight is 537 g/mol. The zero-order chi connectivity index (χ0) is 27.9. The van der Waals surface area contributed by atoms with Crippen molar-refractivity contribution in [1.29, 1.82) is 0 Å². The molecule has 0 fully saturated rings. The van der Waals surface area contributed by atoms with Crippen molar-refractivity contribution >= 4 is 11.9 Å². The predicted molar refractivity (Wildman–Crippen MR) is 159 cm³/mol. The number of esters is 2. The van der Waals surface area contributed by atoms with Crippen molar-refractivity contribution in [2.24, 2.45) is 0 Å². The van der Waals surface area contributed by atoms with Crippen LogP contribution in [0.5, 0.6) is 0 Å². The van der Waals surface area contributed by atoms with Gasteiger partial charge in [-0.05, 0) is 57.8 Å². The smallest absolute Gasteiger partial charge is 0.306 e. The molecule has 0 heterocycles. The summed E-state index contributed by atoms with van der Waals surface area (Å²) in [4.78, 5) is 24.0. The number of carbonyl (C=O) groups is 2. The first-order valence-electron chi connectivity index (χ1n) is 15.9. The van der Waals surface area contributed by atoms with E-state index in [1.807, 2.05) is 0 Å². The van der Waals surface area contributed by atoms with Gasteiger partial charge < -0.3 is 14.6 Å². The van der Waals surface area contributed by atoms with Crippen molar-refractivity contribution in [2.75, 3.05) is 13.2 Å². The molecule has 222 valence electrons. The monoisotopic (exact) mass is 536 g/mol. The number of hydrogen-bond donors (Lipinski definition) is 1. The van der Waals surface area contributed by atoms with Crippen LogP contribution in [0.3, 0.4) is 0 Å². The van der Waals surface area contributed by atoms with E-state index in [1.165, 1.54) is 70.6 Å². The number of allylic oxidation sites excluding steroid dienone is 4. The molecule has 0 rings (SSSR count). The van der Waals surface area contributed by atoms with Gasteiger partial charge in [0.2, 0.25) is 0 Å².